The summed E-state index contributed by atoms with van der Waals surface area (Å²) in [6.07, 6.45) is 3.43. The van der Waals surface area contributed by atoms with Crippen molar-refractivity contribution in [2.24, 2.45) is 5.41 Å². The van der Waals surface area contributed by atoms with E-state index in [1.54, 1.807) is 12.1 Å². The molecular formula is C11H11BrClF. The minimum Gasteiger partial charge on any atom is -0.205 e. The molecule has 1 fully saturated rings. The van der Waals surface area contributed by atoms with Crippen LogP contribution in [-0.4, -0.2) is 5.33 Å². The summed E-state index contributed by atoms with van der Waals surface area (Å²) in [6.45, 7) is 0. The zero-order valence-corrected chi connectivity index (χ0v) is 10.0. The molecule has 1 aliphatic carbocycles. The third-order valence-corrected chi connectivity index (χ3v) is 4.30. The van der Waals surface area contributed by atoms with Gasteiger partial charge < -0.3 is 0 Å². The molecule has 0 heterocycles. The maximum atomic E-state index is 13.1. The normalized spacial score (nSPS) is 18.2. The van der Waals surface area contributed by atoms with E-state index in [2.05, 4.69) is 15.9 Å². The first-order valence-electron chi connectivity index (χ1n) is 4.65. The van der Waals surface area contributed by atoms with Gasteiger partial charge >= 0.3 is 0 Å². The monoisotopic (exact) mass is 276 g/mol. The second-order valence-corrected chi connectivity index (χ2v) is 5.03. The zero-order valence-electron chi connectivity index (χ0n) is 7.69. The Morgan fingerprint density at radius 2 is 2.14 bits per heavy atom. The van der Waals surface area contributed by atoms with Gasteiger partial charge in [0.1, 0.15) is 5.82 Å². The fourth-order valence-electron chi connectivity index (χ4n) is 1.62. The van der Waals surface area contributed by atoms with E-state index >= 15 is 0 Å². The maximum absolute atomic E-state index is 13.1. The summed E-state index contributed by atoms with van der Waals surface area (Å²) in [5, 5.41) is 1.21. The Balaban J connectivity index is 2.14. The quantitative estimate of drug-likeness (QED) is 0.727. The highest BCUT2D eigenvalue weighted by Gasteiger charge is 2.41. The smallest absolute Gasteiger partial charge is 0.142 e. The van der Waals surface area contributed by atoms with Gasteiger partial charge in [0.25, 0.3) is 0 Å². The van der Waals surface area contributed by atoms with Crippen molar-refractivity contribution < 1.29 is 4.39 Å². The lowest BCUT2D eigenvalue weighted by Gasteiger charge is -2.11. The van der Waals surface area contributed by atoms with E-state index in [-0.39, 0.29) is 10.8 Å². The topological polar surface area (TPSA) is 0 Å². The maximum Gasteiger partial charge on any atom is 0.142 e. The molecule has 1 aliphatic rings. The molecule has 1 aromatic rings. The van der Waals surface area contributed by atoms with E-state index in [1.807, 2.05) is 6.07 Å². The van der Waals surface area contributed by atoms with Crippen LogP contribution in [0.4, 0.5) is 4.39 Å². The van der Waals surface area contributed by atoms with Crippen molar-refractivity contribution in [3.63, 3.8) is 0 Å². The van der Waals surface area contributed by atoms with Crippen molar-refractivity contribution in [3.05, 3.63) is 34.6 Å². The minimum absolute atomic E-state index is 0.206. The highest BCUT2D eigenvalue weighted by atomic mass is 79.9. The van der Waals surface area contributed by atoms with E-state index in [4.69, 9.17) is 11.6 Å². The molecule has 1 aromatic carbocycles. The molecule has 0 N–H and O–H groups in total. The molecule has 1 saturated carbocycles. The van der Waals surface area contributed by atoms with Crippen LogP contribution in [0.1, 0.15) is 18.4 Å². The van der Waals surface area contributed by atoms with Crippen LogP contribution in [0.3, 0.4) is 0 Å². The molecule has 0 aliphatic heterocycles. The Kier molecular flexibility index (Phi) is 2.85. The third-order valence-electron chi connectivity index (χ3n) is 2.80. The van der Waals surface area contributed by atoms with Crippen molar-refractivity contribution in [1.29, 1.82) is 0 Å². The highest BCUT2D eigenvalue weighted by molar-refractivity contribution is 9.09. The largest absolute Gasteiger partial charge is 0.205 e. The van der Waals surface area contributed by atoms with E-state index in [0.29, 0.717) is 5.41 Å². The Bertz CT molecular complexity index is 347. The molecule has 0 unspecified atom stereocenters. The molecule has 0 bridgehead atoms. The summed E-state index contributed by atoms with van der Waals surface area (Å²) in [7, 11) is 0. The van der Waals surface area contributed by atoms with Gasteiger partial charge in [0.2, 0.25) is 0 Å². The summed E-state index contributed by atoms with van der Waals surface area (Å²) >= 11 is 9.12. The van der Waals surface area contributed by atoms with Crippen LogP contribution in [0, 0.1) is 11.2 Å². The summed E-state index contributed by atoms with van der Waals surface area (Å²) in [6, 6.07) is 5.09. The predicted molar refractivity (Wildman–Crippen MR) is 60.6 cm³/mol. The van der Waals surface area contributed by atoms with E-state index in [9.17, 15) is 4.39 Å². The molecule has 0 aromatic heterocycles. The summed E-state index contributed by atoms with van der Waals surface area (Å²) in [4.78, 5) is 0. The van der Waals surface area contributed by atoms with Gasteiger partial charge in [-0.25, -0.2) is 4.39 Å². The van der Waals surface area contributed by atoms with Gasteiger partial charge in [0.05, 0.1) is 5.02 Å². The van der Waals surface area contributed by atoms with Crippen molar-refractivity contribution in [3.8, 4) is 0 Å². The van der Waals surface area contributed by atoms with Gasteiger partial charge in [-0.15, -0.1) is 0 Å². The average Bonchev–Trinajstić information content (AvgIpc) is 2.93. The number of hydrogen-bond donors (Lipinski definition) is 0. The Morgan fingerprint density at radius 1 is 1.43 bits per heavy atom. The van der Waals surface area contributed by atoms with Crippen LogP contribution in [0.2, 0.25) is 5.02 Å². The van der Waals surface area contributed by atoms with Crippen molar-refractivity contribution >= 4 is 27.5 Å². The SMILES string of the molecule is Fc1cc(CC2(CBr)CC2)ccc1Cl. The van der Waals surface area contributed by atoms with Crippen molar-refractivity contribution in [1.82, 2.24) is 0 Å². The van der Waals surface area contributed by atoms with Crippen LogP contribution >= 0.6 is 27.5 Å². The lowest BCUT2D eigenvalue weighted by Crippen LogP contribution is -2.06. The zero-order chi connectivity index (χ0) is 10.2. The molecule has 3 heteroatoms. The van der Waals surface area contributed by atoms with Gasteiger partial charge in [0.15, 0.2) is 0 Å². The van der Waals surface area contributed by atoms with Crippen molar-refractivity contribution in [2.45, 2.75) is 19.3 Å². The van der Waals surface area contributed by atoms with E-state index in [0.717, 1.165) is 17.3 Å². The van der Waals surface area contributed by atoms with Gasteiger partial charge in [-0.3, -0.25) is 0 Å². The van der Waals surface area contributed by atoms with Crippen molar-refractivity contribution in [2.75, 3.05) is 5.33 Å². The Morgan fingerprint density at radius 3 is 2.64 bits per heavy atom. The van der Waals surface area contributed by atoms with Crippen LogP contribution < -0.4 is 0 Å². The first-order chi connectivity index (χ1) is 6.65. The van der Waals surface area contributed by atoms with Gasteiger partial charge in [0, 0.05) is 5.33 Å². The summed E-state index contributed by atoms with van der Waals surface area (Å²) in [5.41, 5.74) is 1.43. The molecule has 0 nitrogen and oxygen atoms in total. The predicted octanol–water partition coefficient (Wildman–Crippen LogP) is 4.20. The molecule has 0 atom stereocenters. The fourth-order valence-corrected chi connectivity index (χ4v) is 2.49. The number of halogens is 3. The number of rotatable bonds is 3. The minimum atomic E-state index is -0.311. The van der Waals surface area contributed by atoms with Crippen LogP contribution in [-0.2, 0) is 6.42 Å². The second kappa shape index (κ2) is 3.82. The number of alkyl halides is 1. The standard InChI is InChI=1S/C11H11BrClF/c12-7-11(3-4-11)6-8-1-2-9(13)10(14)5-8/h1-2,5H,3-4,6-7H2. The first kappa shape index (κ1) is 10.4. The molecule has 14 heavy (non-hydrogen) atoms. The lowest BCUT2D eigenvalue weighted by atomic mass is 9.99. The summed E-state index contributed by atoms with van der Waals surface area (Å²) in [5.74, 6) is -0.311. The second-order valence-electron chi connectivity index (χ2n) is 4.06. The van der Waals surface area contributed by atoms with Gasteiger partial charge in [-0.1, -0.05) is 33.6 Å². The first-order valence-corrected chi connectivity index (χ1v) is 6.15. The molecule has 0 amide bonds. The van der Waals surface area contributed by atoms with Gasteiger partial charge in [-0.05, 0) is 42.4 Å². The van der Waals surface area contributed by atoms with Crippen LogP contribution in [0.15, 0.2) is 18.2 Å². The number of hydrogen-bond acceptors (Lipinski definition) is 0. The molecule has 0 saturated heterocycles. The Hall–Kier alpha value is -0.0800. The van der Waals surface area contributed by atoms with Gasteiger partial charge in [-0.2, -0.15) is 0 Å². The molecule has 76 valence electrons. The van der Waals surface area contributed by atoms with E-state index in [1.165, 1.54) is 12.8 Å². The molecule has 2 rings (SSSR count). The Labute approximate surface area is 96.6 Å². The fraction of sp³-hybridized carbons (Fsp3) is 0.455. The molecule has 0 radical (unpaired) electrons. The third kappa shape index (κ3) is 2.12. The number of benzene rings is 1. The highest BCUT2D eigenvalue weighted by Crippen LogP contribution is 2.49. The average molecular weight is 278 g/mol. The molecular weight excluding hydrogens is 266 g/mol. The van der Waals surface area contributed by atoms with Crippen LogP contribution in [0.5, 0.6) is 0 Å². The van der Waals surface area contributed by atoms with Crippen LogP contribution in [0.25, 0.3) is 0 Å². The summed E-state index contributed by atoms with van der Waals surface area (Å²) < 4.78 is 13.1. The lowest BCUT2D eigenvalue weighted by molar-refractivity contribution is 0.578. The van der Waals surface area contributed by atoms with E-state index < -0.39 is 0 Å². The molecule has 0 spiro atoms.